The van der Waals surface area contributed by atoms with Gasteiger partial charge in [0.2, 0.25) is 0 Å². The predicted molar refractivity (Wildman–Crippen MR) is 107 cm³/mol. The molecule has 0 atom stereocenters. The van der Waals surface area contributed by atoms with E-state index in [-0.39, 0.29) is 28.9 Å². The highest BCUT2D eigenvalue weighted by molar-refractivity contribution is 6.31. The van der Waals surface area contributed by atoms with Crippen molar-refractivity contribution >= 4 is 17.5 Å². The minimum absolute atomic E-state index is 0.0208. The van der Waals surface area contributed by atoms with E-state index in [1.807, 2.05) is 18.2 Å². The summed E-state index contributed by atoms with van der Waals surface area (Å²) in [6, 6.07) is 7.13. The predicted octanol–water partition coefficient (Wildman–Crippen LogP) is 4.79. The van der Waals surface area contributed by atoms with Gasteiger partial charge in [-0.05, 0) is 25.0 Å². The van der Waals surface area contributed by atoms with Crippen molar-refractivity contribution in [1.82, 2.24) is 5.32 Å². The Morgan fingerprint density at radius 2 is 1.96 bits per heavy atom. The molecule has 3 rings (SSSR count). The number of nitrogens with one attached hydrogen (secondary N) is 1. The maximum absolute atomic E-state index is 12.6. The molecule has 0 bridgehead atoms. The Bertz CT molecular complexity index is 846. The van der Waals surface area contributed by atoms with Crippen LogP contribution in [0.4, 0.5) is 0 Å². The van der Waals surface area contributed by atoms with Crippen molar-refractivity contribution in [3.8, 4) is 11.8 Å². The van der Waals surface area contributed by atoms with Crippen LogP contribution in [0.1, 0.15) is 46.1 Å². The molecule has 142 valence electrons. The number of amides is 1. The monoisotopic (exact) mass is 384 g/mol. The van der Waals surface area contributed by atoms with Crippen LogP contribution in [0, 0.1) is 22.2 Å². The molecule has 5 heteroatoms. The van der Waals surface area contributed by atoms with E-state index in [9.17, 15) is 4.79 Å². The fourth-order valence-corrected chi connectivity index (χ4v) is 4.80. The molecule has 0 radical (unpaired) electrons. The van der Waals surface area contributed by atoms with Gasteiger partial charge in [-0.15, -0.1) is 0 Å². The summed E-state index contributed by atoms with van der Waals surface area (Å²) >= 11 is 6.13. The first kappa shape index (κ1) is 19.5. The van der Waals surface area contributed by atoms with Gasteiger partial charge >= 0.3 is 0 Å². The molecule has 0 heterocycles. The molecular formula is C22H25ClN2O2. The molecule has 0 aromatic heterocycles. The number of halogens is 1. The second kappa shape index (κ2) is 7.05. The molecule has 0 saturated heterocycles. The third kappa shape index (κ3) is 3.49. The van der Waals surface area contributed by atoms with Crippen LogP contribution in [0.5, 0.6) is 5.75 Å². The summed E-state index contributed by atoms with van der Waals surface area (Å²) in [7, 11) is 0. The first-order chi connectivity index (χ1) is 12.7. The van der Waals surface area contributed by atoms with Gasteiger partial charge in [-0.1, -0.05) is 57.5 Å². The first-order valence-corrected chi connectivity index (χ1v) is 9.59. The number of carbonyl (C=O) groups is 1. The molecule has 1 N–H and O–H groups in total. The number of nitrogens with zero attached hydrogens (tertiary/aromatic N) is 1. The Morgan fingerprint density at radius 1 is 1.26 bits per heavy atom. The van der Waals surface area contributed by atoms with Gasteiger partial charge in [0, 0.05) is 28.5 Å². The van der Waals surface area contributed by atoms with Crippen LogP contribution in [-0.2, 0) is 4.79 Å². The number of ether oxygens (including phenoxy) is 1. The zero-order chi connectivity index (χ0) is 19.8. The van der Waals surface area contributed by atoms with Gasteiger partial charge in [0.1, 0.15) is 17.9 Å². The average Bonchev–Trinajstić information content (AvgIpc) is 2.64. The highest BCUT2D eigenvalue weighted by Gasteiger charge is 2.64. The normalized spacial score (nSPS) is 25.0. The van der Waals surface area contributed by atoms with Gasteiger partial charge in [-0.2, -0.15) is 5.26 Å². The maximum atomic E-state index is 12.6. The molecule has 27 heavy (non-hydrogen) atoms. The van der Waals surface area contributed by atoms with Crippen LogP contribution >= 0.6 is 11.6 Å². The average molecular weight is 385 g/mol. The van der Waals surface area contributed by atoms with Crippen molar-refractivity contribution in [2.24, 2.45) is 10.8 Å². The topological polar surface area (TPSA) is 62.1 Å². The number of benzene rings is 1. The van der Waals surface area contributed by atoms with Gasteiger partial charge in [0.25, 0.3) is 5.91 Å². The maximum Gasteiger partial charge on any atom is 0.251 e. The number of carbonyl (C=O) groups excluding carboxylic acids is 1. The zero-order valence-electron chi connectivity index (χ0n) is 16.2. The van der Waals surface area contributed by atoms with E-state index in [0.717, 1.165) is 18.4 Å². The highest BCUT2D eigenvalue weighted by atomic mass is 35.5. The minimum atomic E-state index is -0.252. The Labute approximate surface area is 165 Å². The Morgan fingerprint density at radius 3 is 2.52 bits per heavy atom. The summed E-state index contributed by atoms with van der Waals surface area (Å²) in [5.41, 5.74) is 0.655. The summed E-state index contributed by atoms with van der Waals surface area (Å²) in [5, 5.41) is 12.6. The quantitative estimate of drug-likeness (QED) is 0.812. The second-order valence-electron chi connectivity index (χ2n) is 8.44. The van der Waals surface area contributed by atoms with Crippen LogP contribution in [0.2, 0.25) is 5.02 Å². The van der Waals surface area contributed by atoms with Crippen molar-refractivity contribution in [2.45, 2.75) is 52.7 Å². The van der Waals surface area contributed by atoms with Crippen LogP contribution < -0.4 is 10.1 Å². The Kier molecular flexibility index (Phi) is 5.10. The van der Waals surface area contributed by atoms with Gasteiger partial charge in [-0.25, -0.2) is 0 Å². The first-order valence-electron chi connectivity index (χ1n) is 9.22. The highest BCUT2D eigenvalue weighted by Crippen LogP contribution is 2.55. The van der Waals surface area contributed by atoms with Crippen LogP contribution in [0.15, 0.2) is 42.0 Å². The molecule has 1 aromatic carbocycles. The molecular weight excluding hydrogens is 360 g/mol. The fraction of sp³-hybridized carbons (Fsp3) is 0.455. The summed E-state index contributed by atoms with van der Waals surface area (Å²) in [6.07, 6.45) is 7.70. The lowest BCUT2D eigenvalue weighted by Crippen LogP contribution is -2.74. The third-order valence-electron chi connectivity index (χ3n) is 5.69. The lowest BCUT2D eigenvalue weighted by Gasteiger charge is -2.63. The molecule has 0 spiro atoms. The Hall–Kier alpha value is -2.25. The molecule has 1 saturated carbocycles. The number of allylic oxidation sites excluding steroid dienone is 2. The summed E-state index contributed by atoms with van der Waals surface area (Å²) in [5.74, 6) is 0.602. The summed E-state index contributed by atoms with van der Waals surface area (Å²) < 4.78 is 6.24. The van der Waals surface area contributed by atoms with Crippen LogP contribution in [-0.4, -0.2) is 18.1 Å². The van der Waals surface area contributed by atoms with Gasteiger partial charge in [-0.3, -0.25) is 4.79 Å². The van der Waals surface area contributed by atoms with Crippen molar-refractivity contribution in [2.75, 3.05) is 0 Å². The van der Waals surface area contributed by atoms with Crippen LogP contribution in [0.25, 0.3) is 0 Å². The number of hydrogen-bond donors (Lipinski definition) is 1. The van der Waals surface area contributed by atoms with E-state index in [1.54, 1.807) is 18.2 Å². The number of rotatable bonds is 4. The SMILES string of the molecule is CC1(C)C(NC(=O)C2=CCCC=C2)C(C)(C)C1Oc1ccc(C#N)c(Cl)c1. The largest absolute Gasteiger partial charge is 0.489 e. The molecule has 2 aliphatic carbocycles. The minimum Gasteiger partial charge on any atom is -0.489 e. The molecule has 1 amide bonds. The lowest BCUT2D eigenvalue weighted by molar-refractivity contribution is -0.172. The third-order valence-corrected chi connectivity index (χ3v) is 6.00. The second-order valence-corrected chi connectivity index (χ2v) is 8.85. The van der Waals surface area contributed by atoms with E-state index < -0.39 is 0 Å². The number of hydrogen-bond acceptors (Lipinski definition) is 3. The molecule has 1 fully saturated rings. The van der Waals surface area contributed by atoms with Crippen molar-refractivity contribution in [3.63, 3.8) is 0 Å². The van der Waals surface area contributed by atoms with E-state index in [4.69, 9.17) is 21.6 Å². The van der Waals surface area contributed by atoms with Crippen LogP contribution in [0.3, 0.4) is 0 Å². The van der Waals surface area contributed by atoms with Gasteiger partial charge in [0.05, 0.1) is 10.6 Å². The lowest BCUT2D eigenvalue weighted by atomic mass is 9.49. The van der Waals surface area contributed by atoms with E-state index in [0.29, 0.717) is 16.3 Å². The molecule has 1 aromatic rings. The Balaban J connectivity index is 1.75. The molecule has 0 unspecified atom stereocenters. The van der Waals surface area contributed by atoms with Crippen molar-refractivity contribution in [3.05, 3.63) is 52.6 Å². The fourth-order valence-electron chi connectivity index (χ4n) is 4.59. The van der Waals surface area contributed by atoms with Gasteiger partial charge < -0.3 is 10.1 Å². The van der Waals surface area contributed by atoms with E-state index >= 15 is 0 Å². The number of nitriles is 1. The zero-order valence-corrected chi connectivity index (χ0v) is 16.9. The molecule has 4 nitrogen and oxygen atoms in total. The van der Waals surface area contributed by atoms with Crippen molar-refractivity contribution < 1.29 is 9.53 Å². The smallest absolute Gasteiger partial charge is 0.251 e. The molecule has 0 aliphatic heterocycles. The summed E-state index contributed by atoms with van der Waals surface area (Å²) in [6.45, 7) is 8.41. The molecule has 2 aliphatic rings. The van der Waals surface area contributed by atoms with E-state index in [2.05, 4.69) is 39.1 Å². The summed E-state index contributed by atoms with van der Waals surface area (Å²) in [4.78, 5) is 12.6. The van der Waals surface area contributed by atoms with Gasteiger partial charge in [0.15, 0.2) is 0 Å². The van der Waals surface area contributed by atoms with E-state index in [1.165, 1.54) is 0 Å². The van der Waals surface area contributed by atoms with Crippen molar-refractivity contribution in [1.29, 1.82) is 5.26 Å². The standard InChI is InChI=1S/C22H25ClN2O2/c1-21(2)19(25-18(26)14-8-6-5-7-9-14)22(3,4)20(21)27-16-11-10-15(13-24)17(23)12-16/h6,8-12,19-20H,5,7H2,1-4H3,(H,25,26).